The first-order chi connectivity index (χ1) is 13.7. The summed E-state index contributed by atoms with van der Waals surface area (Å²) >= 11 is 0. The van der Waals surface area contributed by atoms with Gasteiger partial charge in [-0.2, -0.15) is 0 Å². The van der Waals surface area contributed by atoms with E-state index in [9.17, 15) is 4.79 Å². The van der Waals surface area contributed by atoms with Gasteiger partial charge in [0.2, 0.25) is 0 Å². The monoisotopic (exact) mass is 375 g/mol. The van der Waals surface area contributed by atoms with Crippen molar-refractivity contribution in [3.63, 3.8) is 0 Å². The standard InChI is InChI=1S/C22H25N5O/c1-25-12-14-26(15-13-25)16-18-2-6-20(7-3-18)24-22(28)19-4-8-21(9-5-19)27-11-10-23-17-27/h2-11,17H,12-16H2,1H3,(H,24,28). The predicted octanol–water partition coefficient (Wildman–Crippen LogP) is 2.87. The normalized spacial score (nSPS) is 15.5. The van der Waals surface area contributed by atoms with E-state index in [4.69, 9.17) is 0 Å². The topological polar surface area (TPSA) is 53.4 Å². The Hall–Kier alpha value is -2.96. The molecule has 1 amide bonds. The summed E-state index contributed by atoms with van der Waals surface area (Å²) in [6.07, 6.45) is 5.34. The summed E-state index contributed by atoms with van der Waals surface area (Å²) < 4.78 is 1.90. The molecule has 1 aliphatic heterocycles. The number of piperazine rings is 1. The Labute approximate surface area is 165 Å². The van der Waals surface area contributed by atoms with Crippen LogP contribution >= 0.6 is 0 Å². The molecule has 0 saturated carbocycles. The maximum atomic E-state index is 12.5. The molecular weight excluding hydrogens is 350 g/mol. The lowest BCUT2D eigenvalue weighted by atomic mass is 10.1. The number of rotatable bonds is 5. The van der Waals surface area contributed by atoms with Gasteiger partial charge in [-0.25, -0.2) is 4.98 Å². The Bertz CT molecular complexity index is 895. The van der Waals surface area contributed by atoms with Crippen LogP contribution in [0.1, 0.15) is 15.9 Å². The third-order valence-corrected chi connectivity index (χ3v) is 5.15. The smallest absolute Gasteiger partial charge is 0.255 e. The number of carbonyl (C=O) groups excluding carboxylic acids is 1. The van der Waals surface area contributed by atoms with Crippen LogP contribution in [0.5, 0.6) is 0 Å². The number of likely N-dealkylation sites (N-methyl/N-ethyl adjacent to an activating group) is 1. The van der Waals surface area contributed by atoms with Crippen LogP contribution in [0.4, 0.5) is 5.69 Å². The largest absolute Gasteiger partial charge is 0.322 e. The van der Waals surface area contributed by atoms with Gasteiger partial charge in [0.25, 0.3) is 5.91 Å². The molecule has 4 rings (SSSR count). The number of hydrogen-bond acceptors (Lipinski definition) is 4. The van der Waals surface area contributed by atoms with Crippen LogP contribution in [0.2, 0.25) is 0 Å². The van der Waals surface area contributed by atoms with Gasteiger partial charge >= 0.3 is 0 Å². The zero-order valence-electron chi connectivity index (χ0n) is 16.1. The van der Waals surface area contributed by atoms with Gasteiger partial charge in [0.05, 0.1) is 6.33 Å². The number of nitrogens with zero attached hydrogens (tertiary/aromatic N) is 4. The molecule has 2 heterocycles. The zero-order chi connectivity index (χ0) is 19.3. The van der Waals surface area contributed by atoms with Crippen molar-refractivity contribution in [1.29, 1.82) is 0 Å². The molecule has 0 atom stereocenters. The third-order valence-electron chi connectivity index (χ3n) is 5.15. The molecule has 28 heavy (non-hydrogen) atoms. The first kappa shape index (κ1) is 18.4. The van der Waals surface area contributed by atoms with E-state index in [2.05, 4.69) is 39.3 Å². The molecule has 0 aliphatic carbocycles. The van der Waals surface area contributed by atoms with Crippen molar-refractivity contribution in [2.45, 2.75) is 6.54 Å². The average molecular weight is 375 g/mol. The molecule has 1 fully saturated rings. The van der Waals surface area contributed by atoms with Crippen LogP contribution in [0.25, 0.3) is 5.69 Å². The Kier molecular flexibility index (Phi) is 5.50. The van der Waals surface area contributed by atoms with E-state index >= 15 is 0 Å². The van der Waals surface area contributed by atoms with Crippen molar-refractivity contribution in [1.82, 2.24) is 19.4 Å². The van der Waals surface area contributed by atoms with Gasteiger partial charge < -0.3 is 14.8 Å². The quantitative estimate of drug-likeness (QED) is 0.745. The van der Waals surface area contributed by atoms with Crippen LogP contribution in [0, 0.1) is 0 Å². The highest BCUT2D eigenvalue weighted by molar-refractivity contribution is 6.04. The van der Waals surface area contributed by atoms with Crippen LogP contribution in [0.15, 0.2) is 67.3 Å². The highest BCUT2D eigenvalue weighted by atomic mass is 16.1. The van der Waals surface area contributed by atoms with E-state index in [1.807, 2.05) is 47.2 Å². The molecule has 144 valence electrons. The Morgan fingerprint density at radius 1 is 1.00 bits per heavy atom. The molecule has 6 heteroatoms. The number of amides is 1. The molecule has 1 saturated heterocycles. The molecule has 0 unspecified atom stereocenters. The fourth-order valence-electron chi connectivity index (χ4n) is 3.36. The summed E-state index contributed by atoms with van der Waals surface area (Å²) in [5, 5.41) is 2.97. The van der Waals surface area contributed by atoms with Crippen molar-refractivity contribution in [3.05, 3.63) is 78.4 Å². The molecular formula is C22H25N5O. The van der Waals surface area contributed by atoms with E-state index < -0.39 is 0 Å². The summed E-state index contributed by atoms with van der Waals surface area (Å²) in [6.45, 7) is 5.40. The lowest BCUT2D eigenvalue weighted by molar-refractivity contribution is 0.102. The van der Waals surface area contributed by atoms with Crippen LogP contribution in [-0.4, -0.2) is 58.5 Å². The number of anilines is 1. The first-order valence-corrected chi connectivity index (χ1v) is 9.57. The number of carbonyl (C=O) groups is 1. The summed E-state index contributed by atoms with van der Waals surface area (Å²) in [6, 6.07) is 15.6. The molecule has 1 aliphatic rings. The van der Waals surface area contributed by atoms with Crippen molar-refractivity contribution in [2.24, 2.45) is 0 Å². The number of imidazole rings is 1. The number of hydrogen-bond donors (Lipinski definition) is 1. The predicted molar refractivity (Wildman–Crippen MR) is 111 cm³/mol. The number of aromatic nitrogens is 2. The molecule has 1 N–H and O–H groups in total. The van der Waals surface area contributed by atoms with Crippen molar-refractivity contribution >= 4 is 11.6 Å². The molecule has 6 nitrogen and oxygen atoms in total. The molecule has 0 spiro atoms. The van der Waals surface area contributed by atoms with Gasteiger partial charge in [0.15, 0.2) is 0 Å². The van der Waals surface area contributed by atoms with Crippen LogP contribution in [0.3, 0.4) is 0 Å². The maximum Gasteiger partial charge on any atom is 0.255 e. The molecule has 3 aromatic rings. The molecule has 0 bridgehead atoms. The Balaban J connectivity index is 1.34. The number of nitrogens with one attached hydrogen (secondary N) is 1. The summed E-state index contributed by atoms with van der Waals surface area (Å²) in [4.78, 5) is 21.4. The van der Waals surface area contributed by atoms with Gasteiger partial charge in [0, 0.05) is 62.1 Å². The van der Waals surface area contributed by atoms with Crippen molar-refractivity contribution < 1.29 is 4.79 Å². The summed E-state index contributed by atoms with van der Waals surface area (Å²) in [5.41, 5.74) is 3.69. The highest BCUT2D eigenvalue weighted by Crippen LogP contribution is 2.15. The van der Waals surface area contributed by atoms with Gasteiger partial charge in [-0.3, -0.25) is 9.69 Å². The second kappa shape index (κ2) is 8.37. The van der Waals surface area contributed by atoms with Crippen molar-refractivity contribution in [3.8, 4) is 5.69 Å². The molecule has 1 aromatic heterocycles. The second-order valence-electron chi connectivity index (χ2n) is 7.25. The number of benzene rings is 2. The minimum absolute atomic E-state index is 0.107. The van der Waals surface area contributed by atoms with E-state index in [0.717, 1.165) is 44.1 Å². The lowest BCUT2D eigenvalue weighted by Crippen LogP contribution is -2.43. The van der Waals surface area contributed by atoms with E-state index in [-0.39, 0.29) is 5.91 Å². The minimum atomic E-state index is -0.107. The average Bonchev–Trinajstić information content (AvgIpc) is 3.26. The van der Waals surface area contributed by atoms with Crippen LogP contribution in [-0.2, 0) is 6.54 Å². The molecule has 2 aromatic carbocycles. The maximum absolute atomic E-state index is 12.5. The van der Waals surface area contributed by atoms with E-state index in [1.165, 1.54) is 5.56 Å². The van der Waals surface area contributed by atoms with Crippen LogP contribution < -0.4 is 5.32 Å². The van der Waals surface area contributed by atoms with Gasteiger partial charge in [-0.15, -0.1) is 0 Å². The fourth-order valence-corrected chi connectivity index (χ4v) is 3.36. The minimum Gasteiger partial charge on any atom is -0.322 e. The van der Waals surface area contributed by atoms with E-state index in [0.29, 0.717) is 5.56 Å². The van der Waals surface area contributed by atoms with Gasteiger partial charge in [-0.05, 0) is 49.0 Å². The first-order valence-electron chi connectivity index (χ1n) is 9.57. The zero-order valence-corrected chi connectivity index (χ0v) is 16.1. The van der Waals surface area contributed by atoms with Gasteiger partial charge in [0.1, 0.15) is 0 Å². The molecule has 0 radical (unpaired) electrons. The Morgan fingerprint density at radius 2 is 1.71 bits per heavy atom. The Morgan fingerprint density at radius 3 is 2.36 bits per heavy atom. The van der Waals surface area contributed by atoms with Crippen molar-refractivity contribution in [2.75, 3.05) is 38.5 Å². The fraction of sp³-hybridized carbons (Fsp3) is 0.273. The second-order valence-corrected chi connectivity index (χ2v) is 7.25. The lowest BCUT2D eigenvalue weighted by Gasteiger charge is -2.32. The highest BCUT2D eigenvalue weighted by Gasteiger charge is 2.14. The van der Waals surface area contributed by atoms with Gasteiger partial charge in [-0.1, -0.05) is 12.1 Å². The summed E-state index contributed by atoms with van der Waals surface area (Å²) in [5.74, 6) is -0.107. The summed E-state index contributed by atoms with van der Waals surface area (Å²) in [7, 11) is 2.17. The third kappa shape index (κ3) is 4.47. The SMILES string of the molecule is CN1CCN(Cc2ccc(NC(=O)c3ccc(-n4ccnc4)cc3)cc2)CC1. The van der Waals surface area contributed by atoms with E-state index in [1.54, 1.807) is 12.5 Å².